The molecule has 0 aliphatic carbocycles. The SMILES string of the molecule is C[C@H](NP(=O)(OC[C@H]1O[C@@H](c2ccc3c(N)ncnn23)[C@](C)(N=[N+]=[N-])[C@@H]1O)Oc1cccc2ccccc12)C(=O)OCC(C)(C)C. The van der Waals surface area contributed by atoms with E-state index in [1.54, 1.807) is 30.3 Å². The molecular formula is C30H37N8O7P. The van der Waals surface area contributed by atoms with Gasteiger partial charge in [-0.15, -0.1) is 0 Å². The summed E-state index contributed by atoms with van der Waals surface area (Å²) < 4.78 is 39.4. The molecule has 0 spiro atoms. The number of esters is 1. The Morgan fingerprint density at radius 3 is 2.74 bits per heavy atom. The van der Waals surface area contributed by atoms with Crippen LogP contribution in [0.25, 0.3) is 26.7 Å². The Morgan fingerprint density at radius 2 is 2.00 bits per heavy atom. The third kappa shape index (κ3) is 6.80. The van der Waals surface area contributed by atoms with E-state index in [-0.39, 0.29) is 23.6 Å². The van der Waals surface area contributed by atoms with Gasteiger partial charge in [-0.05, 0) is 48.4 Å². The van der Waals surface area contributed by atoms with Gasteiger partial charge in [-0.2, -0.15) is 10.2 Å². The maximum Gasteiger partial charge on any atom is 0.459 e. The molecule has 5 rings (SSSR count). The topological polar surface area (TPSA) is 208 Å². The van der Waals surface area contributed by atoms with E-state index in [9.17, 15) is 20.0 Å². The van der Waals surface area contributed by atoms with Gasteiger partial charge < -0.3 is 24.8 Å². The number of hydrogen-bond acceptors (Lipinski definition) is 11. The number of nitrogen functional groups attached to an aromatic ring is 1. The molecule has 0 amide bonds. The minimum atomic E-state index is -4.37. The van der Waals surface area contributed by atoms with Crippen LogP contribution in [-0.4, -0.2) is 62.7 Å². The number of benzene rings is 2. The smallest absolute Gasteiger partial charge is 0.459 e. The summed E-state index contributed by atoms with van der Waals surface area (Å²) >= 11 is 0. The molecule has 46 heavy (non-hydrogen) atoms. The van der Waals surface area contributed by atoms with Crippen LogP contribution in [0.15, 0.2) is 66.0 Å². The number of ether oxygens (including phenoxy) is 2. The maximum atomic E-state index is 14.4. The first kappa shape index (κ1) is 33.1. The van der Waals surface area contributed by atoms with Gasteiger partial charge in [-0.3, -0.25) is 9.32 Å². The van der Waals surface area contributed by atoms with Gasteiger partial charge in [-0.25, -0.2) is 14.1 Å². The van der Waals surface area contributed by atoms with Crippen LogP contribution in [0.5, 0.6) is 5.75 Å². The second-order valence-corrected chi connectivity index (χ2v) is 14.2. The summed E-state index contributed by atoms with van der Waals surface area (Å²) in [6.07, 6.45) is -2.32. The van der Waals surface area contributed by atoms with Crippen molar-refractivity contribution in [3.63, 3.8) is 0 Å². The molecule has 16 heteroatoms. The molecule has 0 bridgehead atoms. The predicted octanol–water partition coefficient (Wildman–Crippen LogP) is 5.11. The molecule has 1 aliphatic rings. The van der Waals surface area contributed by atoms with Crippen molar-refractivity contribution in [3.05, 3.63) is 77.1 Å². The number of rotatable bonds is 11. The van der Waals surface area contributed by atoms with E-state index >= 15 is 0 Å². The summed E-state index contributed by atoms with van der Waals surface area (Å²) in [4.78, 5) is 19.8. The lowest BCUT2D eigenvalue weighted by atomic mass is 9.88. The number of aliphatic hydroxyl groups is 1. The third-order valence-electron chi connectivity index (χ3n) is 7.56. The molecule has 15 nitrogen and oxygen atoms in total. The van der Waals surface area contributed by atoms with E-state index in [2.05, 4.69) is 25.2 Å². The number of azide groups is 1. The van der Waals surface area contributed by atoms with Gasteiger partial charge in [0.15, 0.2) is 5.82 Å². The van der Waals surface area contributed by atoms with E-state index < -0.39 is 50.2 Å². The molecule has 1 aliphatic heterocycles. The van der Waals surface area contributed by atoms with Crippen molar-refractivity contribution in [2.45, 2.75) is 64.5 Å². The Morgan fingerprint density at radius 1 is 1.26 bits per heavy atom. The predicted molar refractivity (Wildman–Crippen MR) is 170 cm³/mol. The fourth-order valence-corrected chi connectivity index (χ4v) is 6.69. The van der Waals surface area contributed by atoms with Crippen LogP contribution in [-0.2, 0) is 23.4 Å². The van der Waals surface area contributed by atoms with Gasteiger partial charge in [0.1, 0.15) is 41.4 Å². The van der Waals surface area contributed by atoms with Crippen molar-refractivity contribution in [3.8, 4) is 5.75 Å². The van der Waals surface area contributed by atoms with E-state index in [4.69, 9.17) is 24.3 Å². The molecule has 4 N–H and O–H groups in total. The fourth-order valence-electron chi connectivity index (χ4n) is 5.17. The van der Waals surface area contributed by atoms with Crippen molar-refractivity contribution in [2.24, 2.45) is 10.5 Å². The summed E-state index contributed by atoms with van der Waals surface area (Å²) in [5.41, 5.74) is 14.5. The Bertz CT molecular complexity index is 1830. The molecule has 1 saturated heterocycles. The molecule has 1 fully saturated rings. The molecular weight excluding hydrogens is 615 g/mol. The summed E-state index contributed by atoms with van der Waals surface area (Å²) in [5, 5.41) is 23.7. The highest BCUT2D eigenvalue weighted by Gasteiger charge is 2.55. The van der Waals surface area contributed by atoms with Crippen LogP contribution < -0.4 is 15.3 Å². The van der Waals surface area contributed by atoms with E-state index in [1.807, 2.05) is 45.0 Å². The molecule has 2 aromatic carbocycles. The first-order chi connectivity index (χ1) is 21.7. The lowest BCUT2D eigenvalue weighted by Gasteiger charge is -2.27. The quantitative estimate of drug-likeness (QED) is 0.0638. The van der Waals surface area contributed by atoms with Gasteiger partial charge in [0.25, 0.3) is 0 Å². The standard InChI is InChI=1S/C30H37N8O7P/c1-18(28(40)42-16-29(2,3)4)35-46(41,45-23-12-8-10-19-9-6-7-11-20(19)23)43-15-24-25(39)30(5,36-37-32)26(44-24)21-13-14-22-27(31)33-17-34-38(21)22/h6-14,17-18,24-26,39H,15-16H2,1-5H3,(H,35,41)(H2,31,33,34)/t18-,24+,25+,26-,30+,46?/m0/s1. The molecule has 1 unspecified atom stereocenters. The Balaban J connectivity index is 1.43. The fraction of sp³-hybridized carbons (Fsp3) is 0.433. The number of anilines is 1. The first-order valence-electron chi connectivity index (χ1n) is 14.6. The van der Waals surface area contributed by atoms with Crippen molar-refractivity contribution in [1.29, 1.82) is 0 Å². The second kappa shape index (κ2) is 12.9. The van der Waals surface area contributed by atoms with Crippen molar-refractivity contribution >= 4 is 35.8 Å². The number of carbonyl (C=O) groups excluding carboxylic acids is 1. The van der Waals surface area contributed by atoms with Crippen molar-refractivity contribution in [2.75, 3.05) is 18.9 Å². The zero-order valence-corrected chi connectivity index (χ0v) is 27.0. The lowest BCUT2D eigenvalue weighted by molar-refractivity contribution is -0.148. The Labute approximate surface area is 265 Å². The molecule has 2 aromatic heterocycles. The minimum absolute atomic E-state index is 0.139. The maximum absolute atomic E-state index is 14.4. The number of aliphatic hydroxyl groups excluding tert-OH is 1. The highest BCUT2D eigenvalue weighted by Crippen LogP contribution is 2.50. The van der Waals surface area contributed by atoms with Crippen LogP contribution in [0.3, 0.4) is 0 Å². The average molecular weight is 653 g/mol. The number of nitrogens with two attached hydrogens (primary N) is 1. The van der Waals surface area contributed by atoms with Gasteiger partial charge in [0.2, 0.25) is 0 Å². The van der Waals surface area contributed by atoms with E-state index in [1.165, 1.54) is 24.7 Å². The third-order valence-corrected chi connectivity index (χ3v) is 9.19. The number of fused-ring (bicyclic) bond motifs is 2. The van der Waals surface area contributed by atoms with Crippen LogP contribution in [0, 0.1) is 5.41 Å². The normalized spacial score (nSPS) is 23.5. The number of carbonyl (C=O) groups is 1. The highest BCUT2D eigenvalue weighted by atomic mass is 31.2. The van der Waals surface area contributed by atoms with Gasteiger partial charge in [0, 0.05) is 10.3 Å². The zero-order chi connectivity index (χ0) is 33.3. The molecule has 0 radical (unpaired) electrons. The number of hydrogen-bond donors (Lipinski definition) is 3. The number of nitrogens with one attached hydrogen (secondary N) is 1. The molecule has 0 saturated carbocycles. The molecule has 4 aromatic rings. The average Bonchev–Trinajstić information content (AvgIpc) is 3.54. The summed E-state index contributed by atoms with van der Waals surface area (Å²) in [7, 11) is -4.37. The lowest BCUT2D eigenvalue weighted by Crippen LogP contribution is -2.42. The molecule has 244 valence electrons. The minimum Gasteiger partial charge on any atom is -0.464 e. The largest absolute Gasteiger partial charge is 0.464 e. The summed E-state index contributed by atoms with van der Waals surface area (Å²) in [6.45, 7) is 8.42. The van der Waals surface area contributed by atoms with Crippen LogP contribution >= 0.6 is 7.75 Å². The Kier molecular flexibility index (Phi) is 9.28. The van der Waals surface area contributed by atoms with Crippen molar-refractivity contribution < 1.29 is 33.0 Å². The molecule has 6 atom stereocenters. The van der Waals surface area contributed by atoms with Crippen LogP contribution in [0.2, 0.25) is 0 Å². The first-order valence-corrected chi connectivity index (χ1v) is 16.1. The van der Waals surface area contributed by atoms with Gasteiger partial charge >= 0.3 is 13.7 Å². The van der Waals surface area contributed by atoms with Crippen molar-refractivity contribution in [1.82, 2.24) is 19.7 Å². The van der Waals surface area contributed by atoms with Gasteiger partial charge in [-0.1, -0.05) is 62.3 Å². The number of aromatic nitrogens is 3. The van der Waals surface area contributed by atoms with E-state index in [0.29, 0.717) is 16.6 Å². The van der Waals surface area contributed by atoms with Crippen LogP contribution in [0.4, 0.5) is 5.82 Å². The van der Waals surface area contributed by atoms with Gasteiger partial charge in [0.05, 0.1) is 25.0 Å². The summed E-state index contributed by atoms with van der Waals surface area (Å²) in [6, 6.07) is 14.8. The zero-order valence-electron chi connectivity index (χ0n) is 26.1. The summed E-state index contributed by atoms with van der Waals surface area (Å²) in [5.74, 6) is -0.196. The monoisotopic (exact) mass is 652 g/mol. The van der Waals surface area contributed by atoms with E-state index in [0.717, 1.165) is 5.39 Å². The number of nitrogens with zero attached hydrogens (tertiary/aromatic N) is 6. The Hall–Kier alpha value is -4.23. The molecule has 3 heterocycles. The van der Waals surface area contributed by atoms with Crippen LogP contribution in [0.1, 0.15) is 46.4 Å². The highest BCUT2D eigenvalue weighted by molar-refractivity contribution is 7.52. The second-order valence-electron chi connectivity index (χ2n) is 12.5.